The van der Waals surface area contributed by atoms with E-state index >= 15 is 0 Å². The fourth-order valence-electron chi connectivity index (χ4n) is 5.16. The molecule has 1 aliphatic heterocycles. The maximum atomic E-state index is 13.0. The van der Waals surface area contributed by atoms with Gasteiger partial charge in [0.05, 0.1) is 10.5 Å². The largest absolute Gasteiger partial charge is 0.458 e. The quantitative estimate of drug-likeness (QED) is 0.323. The first-order chi connectivity index (χ1) is 16.1. The van der Waals surface area contributed by atoms with Crippen LogP contribution in [0.1, 0.15) is 35.2 Å². The molecule has 2 fully saturated rings. The van der Waals surface area contributed by atoms with Gasteiger partial charge < -0.3 is 4.74 Å². The lowest BCUT2D eigenvalue weighted by atomic mass is 9.75. The Morgan fingerprint density at radius 1 is 1.12 bits per heavy atom. The molecular weight excluding hydrogens is 422 g/mol. The number of carbonyl (C=O) groups is 1. The van der Waals surface area contributed by atoms with Gasteiger partial charge in [0.25, 0.3) is 5.69 Å². The van der Waals surface area contributed by atoms with Crippen molar-refractivity contribution in [3.63, 3.8) is 0 Å². The minimum Gasteiger partial charge on any atom is -0.458 e. The number of piperidine rings is 1. The van der Waals surface area contributed by atoms with E-state index in [1.807, 2.05) is 6.07 Å². The van der Waals surface area contributed by atoms with Crippen LogP contribution in [-0.2, 0) is 11.3 Å². The zero-order valence-corrected chi connectivity index (χ0v) is 18.1. The normalized spacial score (nSPS) is 22.6. The van der Waals surface area contributed by atoms with Crippen LogP contribution in [0.25, 0.3) is 5.69 Å². The van der Waals surface area contributed by atoms with Crippen molar-refractivity contribution in [3.8, 4) is 5.69 Å². The second-order valence-electron chi connectivity index (χ2n) is 8.80. The third kappa shape index (κ3) is 4.49. The molecule has 2 aromatic carbocycles. The number of hydrogen-bond acceptors (Lipinski definition) is 7. The van der Waals surface area contributed by atoms with E-state index in [0.29, 0.717) is 0 Å². The monoisotopic (exact) mass is 447 g/mol. The number of likely N-dealkylation sites (tertiary alicyclic amines) is 1. The van der Waals surface area contributed by atoms with Crippen molar-refractivity contribution in [1.82, 2.24) is 19.7 Å². The summed E-state index contributed by atoms with van der Waals surface area (Å²) in [7, 11) is 0. The molecule has 2 bridgehead atoms. The fraction of sp³-hybridized carbons (Fsp3) is 0.375. The number of nitro groups is 1. The molecule has 1 aliphatic carbocycles. The van der Waals surface area contributed by atoms with Gasteiger partial charge in [-0.05, 0) is 30.5 Å². The Hall–Kier alpha value is -3.59. The molecule has 9 heteroatoms. The minimum absolute atomic E-state index is 0.160. The zero-order chi connectivity index (χ0) is 22.8. The summed E-state index contributed by atoms with van der Waals surface area (Å²) in [5.41, 5.74) is 1.49. The molecule has 2 atom stereocenters. The van der Waals surface area contributed by atoms with Crippen LogP contribution in [0, 0.1) is 22.0 Å². The predicted octanol–water partition coefficient (Wildman–Crippen LogP) is 3.63. The van der Waals surface area contributed by atoms with Gasteiger partial charge in [0.1, 0.15) is 24.4 Å². The molecule has 0 N–H and O–H groups in total. The Morgan fingerprint density at radius 3 is 2.55 bits per heavy atom. The number of ether oxygens (including phenoxy) is 1. The van der Waals surface area contributed by atoms with Crippen LogP contribution in [0.4, 0.5) is 5.69 Å². The molecule has 2 aliphatic rings. The smallest absolute Gasteiger partial charge is 0.338 e. The molecule has 9 nitrogen and oxygen atoms in total. The number of carbonyl (C=O) groups excluding carboxylic acids is 1. The van der Waals surface area contributed by atoms with Crippen LogP contribution in [0.3, 0.4) is 0 Å². The Morgan fingerprint density at radius 2 is 1.88 bits per heavy atom. The Kier molecular flexibility index (Phi) is 5.87. The maximum absolute atomic E-state index is 13.0. The number of esters is 1. The third-order valence-electron chi connectivity index (χ3n) is 6.63. The molecule has 33 heavy (non-hydrogen) atoms. The van der Waals surface area contributed by atoms with Crippen LogP contribution < -0.4 is 0 Å². The summed E-state index contributed by atoms with van der Waals surface area (Å²) in [4.78, 5) is 30.4. The van der Waals surface area contributed by atoms with Crippen LogP contribution in [-0.4, -0.2) is 49.8 Å². The van der Waals surface area contributed by atoms with Crippen molar-refractivity contribution in [2.45, 2.75) is 31.9 Å². The molecule has 3 aromatic rings. The van der Waals surface area contributed by atoms with Gasteiger partial charge in [0, 0.05) is 37.5 Å². The third-order valence-corrected chi connectivity index (χ3v) is 6.63. The summed E-state index contributed by atoms with van der Waals surface area (Å²) in [5.74, 6) is 0.0331. The van der Waals surface area contributed by atoms with E-state index in [4.69, 9.17) is 4.74 Å². The van der Waals surface area contributed by atoms with Crippen LogP contribution in [0.5, 0.6) is 0 Å². The number of benzene rings is 2. The Bertz CT molecular complexity index is 1120. The van der Waals surface area contributed by atoms with E-state index in [0.717, 1.165) is 38.9 Å². The van der Waals surface area contributed by atoms with Gasteiger partial charge in [-0.15, -0.1) is 0 Å². The highest BCUT2D eigenvalue weighted by Crippen LogP contribution is 2.38. The molecule has 0 spiro atoms. The van der Waals surface area contributed by atoms with E-state index in [-0.39, 0.29) is 34.9 Å². The summed E-state index contributed by atoms with van der Waals surface area (Å²) < 4.78 is 7.29. The number of rotatable bonds is 6. The van der Waals surface area contributed by atoms with Gasteiger partial charge in [-0.2, -0.15) is 5.10 Å². The summed E-state index contributed by atoms with van der Waals surface area (Å²) >= 11 is 0. The summed E-state index contributed by atoms with van der Waals surface area (Å²) in [5, 5.41) is 15.6. The van der Waals surface area contributed by atoms with Crippen molar-refractivity contribution in [3.05, 3.63) is 82.4 Å². The molecule has 1 aromatic heterocycles. The highest BCUT2D eigenvalue weighted by Gasteiger charge is 2.42. The lowest BCUT2D eigenvalue weighted by molar-refractivity contribution is -0.384. The van der Waals surface area contributed by atoms with Crippen LogP contribution >= 0.6 is 0 Å². The van der Waals surface area contributed by atoms with E-state index < -0.39 is 10.9 Å². The van der Waals surface area contributed by atoms with Crippen molar-refractivity contribution >= 4 is 11.7 Å². The minimum atomic E-state index is -0.523. The predicted molar refractivity (Wildman–Crippen MR) is 120 cm³/mol. The van der Waals surface area contributed by atoms with Crippen molar-refractivity contribution in [2.24, 2.45) is 11.8 Å². The first-order valence-electron chi connectivity index (χ1n) is 11.2. The number of nitrogens with zero attached hydrogens (tertiary/aromatic N) is 5. The lowest BCUT2D eigenvalue weighted by Gasteiger charge is -2.46. The fourth-order valence-corrected chi connectivity index (χ4v) is 5.16. The topological polar surface area (TPSA) is 103 Å². The van der Waals surface area contributed by atoms with Gasteiger partial charge in [0.2, 0.25) is 0 Å². The highest BCUT2D eigenvalue weighted by atomic mass is 16.6. The van der Waals surface area contributed by atoms with Gasteiger partial charge in [-0.25, -0.2) is 14.5 Å². The lowest BCUT2D eigenvalue weighted by Crippen LogP contribution is -2.52. The van der Waals surface area contributed by atoms with E-state index in [1.54, 1.807) is 6.07 Å². The van der Waals surface area contributed by atoms with E-state index in [1.165, 1.54) is 35.0 Å². The molecule has 5 rings (SSSR count). The number of nitro benzene ring substituents is 1. The van der Waals surface area contributed by atoms with Crippen molar-refractivity contribution in [1.29, 1.82) is 0 Å². The molecule has 0 amide bonds. The molecular formula is C24H25N5O4. The number of fused-ring (bicyclic) bond motifs is 2. The van der Waals surface area contributed by atoms with E-state index in [2.05, 4.69) is 39.2 Å². The number of hydrogen-bond donors (Lipinski definition) is 0. The Labute approximate surface area is 191 Å². The first kappa shape index (κ1) is 21.3. The molecule has 1 saturated carbocycles. The van der Waals surface area contributed by atoms with Crippen LogP contribution in [0.2, 0.25) is 0 Å². The molecule has 170 valence electrons. The highest BCUT2D eigenvalue weighted by molar-refractivity contribution is 5.91. The first-order valence-corrected chi connectivity index (χ1v) is 11.2. The van der Waals surface area contributed by atoms with Gasteiger partial charge in [-0.3, -0.25) is 15.0 Å². The van der Waals surface area contributed by atoms with Gasteiger partial charge in [0.15, 0.2) is 0 Å². The van der Waals surface area contributed by atoms with Crippen molar-refractivity contribution in [2.75, 3.05) is 13.1 Å². The van der Waals surface area contributed by atoms with Gasteiger partial charge >= 0.3 is 5.97 Å². The number of aromatic nitrogens is 3. The van der Waals surface area contributed by atoms with Crippen molar-refractivity contribution < 1.29 is 14.5 Å². The molecule has 2 unspecified atom stereocenters. The Balaban J connectivity index is 1.31. The second-order valence-corrected chi connectivity index (χ2v) is 8.80. The maximum Gasteiger partial charge on any atom is 0.338 e. The van der Waals surface area contributed by atoms with Crippen LogP contribution in [0.15, 0.2) is 61.2 Å². The SMILES string of the molecule is O=C(OC1C2CCCC1CN(Cc1ccccc1)C2)c1ccc(-n2cncn2)c([N+](=O)[O-])c1. The van der Waals surface area contributed by atoms with E-state index in [9.17, 15) is 14.9 Å². The summed E-state index contributed by atoms with van der Waals surface area (Å²) in [6.45, 7) is 2.66. The summed E-state index contributed by atoms with van der Waals surface area (Å²) in [6.07, 6.45) is 5.70. The standard InChI is InChI=1S/C24H25N5O4/c30-24(18-9-10-21(22(11-18)29(31)32)28-16-25-15-26-28)33-23-19-7-4-8-20(23)14-27(13-19)12-17-5-2-1-3-6-17/h1-3,5-6,9-11,15-16,19-20,23H,4,7-8,12-14H2. The second kappa shape index (κ2) is 9.11. The van der Waals surface area contributed by atoms with Gasteiger partial charge in [-0.1, -0.05) is 36.8 Å². The average molecular weight is 447 g/mol. The molecule has 2 heterocycles. The molecule has 1 saturated heterocycles. The average Bonchev–Trinajstić information content (AvgIpc) is 3.34. The molecule has 0 radical (unpaired) electrons. The zero-order valence-electron chi connectivity index (χ0n) is 18.1. The summed E-state index contributed by atoms with van der Waals surface area (Å²) in [6, 6.07) is 14.7.